The molecule has 0 atom stereocenters. The van der Waals surface area contributed by atoms with Crippen LogP contribution in [0.1, 0.15) is 10.4 Å². The Labute approximate surface area is 113 Å². The number of fused-ring (bicyclic) bond motifs is 1. The monoisotopic (exact) mass is 279 g/mol. The first kappa shape index (κ1) is 13.5. The number of hydrogen-bond donors (Lipinski definition) is 2. The first-order valence-electron chi connectivity index (χ1n) is 5.72. The van der Waals surface area contributed by atoms with Gasteiger partial charge < -0.3 is 15.2 Å². The van der Waals surface area contributed by atoms with Crippen molar-refractivity contribution in [3.8, 4) is 0 Å². The van der Waals surface area contributed by atoms with Crippen molar-refractivity contribution in [3.05, 3.63) is 35.2 Å². The average molecular weight is 279 g/mol. The second-order valence-electron chi connectivity index (χ2n) is 3.85. The molecule has 19 heavy (non-hydrogen) atoms. The number of thiophene rings is 1. The molecule has 0 aliphatic rings. The molecule has 2 N–H and O–H groups in total. The minimum atomic E-state index is -1.02. The Morgan fingerprint density at radius 3 is 2.89 bits per heavy atom. The van der Waals surface area contributed by atoms with Gasteiger partial charge in [-0.15, -0.1) is 11.3 Å². The van der Waals surface area contributed by atoms with Crippen LogP contribution in [0, 0.1) is 0 Å². The Kier molecular flexibility index (Phi) is 4.48. The summed E-state index contributed by atoms with van der Waals surface area (Å²) < 4.78 is 5.90. The van der Waals surface area contributed by atoms with E-state index in [9.17, 15) is 9.59 Å². The zero-order chi connectivity index (χ0) is 13.7. The van der Waals surface area contributed by atoms with Crippen molar-refractivity contribution in [3.63, 3.8) is 0 Å². The quantitative estimate of drug-likeness (QED) is 0.790. The van der Waals surface area contributed by atoms with E-state index in [0.29, 0.717) is 5.56 Å². The predicted octanol–water partition coefficient (Wildman–Crippen LogP) is 1.73. The normalized spacial score (nSPS) is 10.5. The van der Waals surface area contributed by atoms with Gasteiger partial charge in [0.05, 0.1) is 12.2 Å². The van der Waals surface area contributed by atoms with Crippen LogP contribution in [0.3, 0.4) is 0 Å². The smallest absolute Gasteiger partial charge is 0.329 e. The summed E-state index contributed by atoms with van der Waals surface area (Å²) in [6, 6.07) is 7.69. The summed E-state index contributed by atoms with van der Waals surface area (Å²) in [6.07, 6.45) is 0. The molecular formula is C13H13NO4S. The van der Waals surface area contributed by atoms with Crippen LogP contribution in [-0.2, 0) is 9.53 Å². The molecule has 1 heterocycles. The Morgan fingerprint density at radius 2 is 2.11 bits per heavy atom. The lowest BCUT2D eigenvalue weighted by molar-refractivity contribution is -0.142. The fourth-order valence-electron chi connectivity index (χ4n) is 1.65. The summed E-state index contributed by atoms with van der Waals surface area (Å²) in [5.41, 5.74) is 0.638. The third kappa shape index (κ3) is 3.52. The zero-order valence-corrected chi connectivity index (χ0v) is 10.9. The van der Waals surface area contributed by atoms with Gasteiger partial charge in [-0.3, -0.25) is 4.79 Å². The highest BCUT2D eigenvalue weighted by Gasteiger charge is 2.10. The van der Waals surface area contributed by atoms with Gasteiger partial charge in [-0.25, -0.2) is 4.79 Å². The van der Waals surface area contributed by atoms with Gasteiger partial charge in [0.1, 0.15) is 6.61 Å². The molecule has 0 saturated carbocycles. The number of benzene rings is 1. The number of nitrogens with one attached hydrogen (secondary N) is 1. The molecule has 1 aromatic heterocycles. The Morgan fingerprint density at radius 1 is 1.32 bits per heavy atom. The summed E-state index contributed by atoms with van der Waals surface area (Å²) in [7, 11) is 0. The topological polar surface area (TPSA) is 75.6 Å². The largest absolute Gasteiger partial charge is 0.480 e. The lowest BCUT2D eigenvalue weighted by Gasteiger charge is -2.04. The second-order valence-corrected chi connectivity index (χ2v) is 4.76. The highest BCUT2D eigenvalue weighted by Crippen LogP contribution is 2.25. The van der Waals surface area contributed by atoms with Crippen molar-refractivity contribution in [2.45, 2.75) is 0 Å². The molecule has 1 amide bonds. The summed E-state index contributed by atoms with van der Waals surface area (Å²) in [5.74, 6) is -1.19. The van der Waals surface area contributed by atoms with Crippen LogP contribution in [-0.4, -0.2) is 36.7 Å². The lowest BCUT2D eigenvalue weighted by atomic mass is 10.2. The van der Waals surface area contributed by atoms with E-state index in [1.807, 2.05) is 29.6 Å². The Hall–Kier alpha value is -1.92. The molecule has 5 nitrogen and oxygen atoms in total. The first-order chi connectivity index (χ1) is 9.18. The van der Waals surface area contributed by atoms with Crippen molar-refractivity contribution in [1.82, 2.24) is 5.32 Å². The number of aliphatic carboxylic acids is 1. The summed E-state index contributed by atoms with van der Waals surface area (Å²) in [5, 5.41) is 13.8. The fraction of sp³-hybridized carbons (Fsp3) is 0.231. The molecule has 2 aromatic rings. The highest BCUT2D eigenvalue weighted by molar-refractivity contribution is 7.17. The molecule has 0 bridgehead atoms. The summed E-state index contributed by atoms with van der Waals surface area (Å²) >= 11 is 1.52. The average Bonchev–Trinajstić information content (AvgIpc) is 2.81. The van der Waals surface area contributed by atoms with Crippen LogP contribution in [0.5, 0.6) is 0 Å². The van der Waals surface area contributed by atoms with Gasteiger partial charge in [-0.2, -0.15) is 0 Å². The number of hydrogen-bond acceptors (Lipinski definition) is 4. The van der Waals surface area contributed by atoms with Crippen LogP contribution in [0.2, 0.25) is 0 Å². The van der Waals surface area contributed by atoms with Gasteiger partial charge in [0.15, 0.2) is 0 Å². The highest BCUT2D eigenvalue weighted by atomic mass is 32.1. The van der Waals surface area contributed by atoms with E-state index in [4.69, 9.17) is 9.84 Å². The Balaban J connectivity index is 1.88. The molecule has 0 aliphatic carbocycles. The van der Waals surface area contributed by atoms with Gasteiger partial charge in [0, 0.05) is 22.0 Å². The van der Waals surface area contributed by atoms with Crippen LogP contribution in [0.15, 0.2) is 29.6 Å². The molecule has 6 heteroatoms. The maximum Gasteiger partial charge on any atom is 0.329 e. The minimum absolute atomic E-state index is 0.170. The van der Waals surface area contributed by atoms with Crippen molar-refractivity contribution in [2.24, 2.45) is 0 Å². The SMILES string of the molecule is O=C(O)COCCNC(=O)c1csc2ccccc12. The zero-order valence-electron chi connectivity index (χ0n) is 10.1. The number of amides is 1. The van der Waals surface area contributed by atoms with Gasteiger partial charge in [-0.1, -0.05) is 18.2 Å². The van der Waals surface area contributed by atoms with Crippen LogP contribution in [0.4, 0.5) is 0 Å². The molecule has 2 rings (SSSR count). The van der Waals surface area contributed by atoms with E-state index in [1.54, 1.807) is 0 Å². The van der Waals surface area contributed by atoms with Crippen molar-refractivity contribution < 1.29 is 19.4 Å². The van der Waals surface area contributed by atoms with E-state index >= 15 is 0 Å². The van der Waals surface area contributed by atoms with E-state index in [1.165, 1.54) is 11.3 Å². The van der Waals surface area contributed by atoms with E-state index < -0.39 is 5.97 Å². The number of carbonyl (C=O) groups is 2. The molecule has 0 unspecified atom stereocenters. The van der Waals surface area contributed by atoms with Crippen molar-refractivity contribution >= 4 is 33.3 Å². The molecule has 100 valence electrons. The van der Waals surface area contributed by atoms with E-state index in [2.05, 4.69) is 5.32 Å². The second kappa shape index (κ2) is 6.31. The van der Waals surface area contributed by atoms with Gasteiger partial charge in [0.25, 0.3) is 5.91 Å². The molecule has 0 spiro atoms. The van der Waals surface area contributed by atoms with Crippen molar-refractivity contribution in [2.75, 3.05) is 19.8 Å². The number of carboxylic acids is 1. The molecule has 0 saturated heterocycles. The minimum Gasteiger partial charge on any atom is -0.480 e. The molecule has 0 aliphatic heterocycles. The predicted molar refractivity (Wildman–Crippen MR) is 72.6 cm³/mol. The third-order valence-corrected chi connectivity index (χ3v) is 3.45. The van der Waals surface area contributed by atoms with Crippen molar-refractivity contribution in [1.29, 1.82) is 0 Å². The van der Waals surface area contributed by atoms with Gasteiger partial charge >= 0.3 is 5.97 Å². The number of ether oxygens (including phenoxy) is 1. The van der Waals surface area contributed by atoms with Crippen LogP contribution >= 0.6 is 11.3 Å². The van der Waals surface area contributed by atoms with E-state index in [0.717, 1.165) is 10.1 Å². The number of carbonyl (C=O) groups excluding carboxylic acids is 1. The molecule has 0 radical (unpaired) electrons. The van der Waals surface area contributed by atoms with Gasteiger partial charge in [0.2, 0.25) is 0 Å². The molecule has 1 aromatic carbocycles. The van der Waals surface area contributed by atoms with Gasteiger partial charge in [-0.05, 0) is 6.07 Å². The molecular weight excluding hydrogens is 266 g/mol. The summed E-state index contributed by atoms with van der Waals surface area (Å²) in [6.45, 7) is 0.119. The number of carboxylic acid groups (broad SMARTS) is 1. The van der Waals surface area contributed by atoms with E-state index in [-0.39, 0.29) is 25.7 Å². The third-order valence-electron chi connectivity index (χ3n) is 2.48. The maximum absolute atomic E-state index is 11.9. The maximum atomic E-state index is 11.9. The standard InChI is InChI=1S/C13H13NO4S/c15-12(16)7-18-6-5-14-13(17)10-8-19-11-4-2-1-3-9(10)11/h1-4,8H,5-7H2,(H,14,17)(H,15,16). The van der Waals surface area contributed by atoms with Crippen LogP contribution in [0.25, 0.3) is 10.1 Å². The fourth-order valence-corrected chi connectivity index (χ4v) is 2.59. The Bertz CT molecular complexity index is 593. The first-order valence-corrected chi connectivity index (χ1v) is 6.60. The summed E-state index contributed by atoms with van der Waals surface area (Å²) in [4.78, 5) is 22.2. The number of rotatable bonds is 6. The lowest BCUT2D eigenvalue weighted by Crippen LogP contribution is -2.27. The van der Waals surface area contributed by atoms with Crippen LogP contribution < -0.4 is 5.32 Å². The molecule has 0 fully saturated rings.